The van der Waals surface area contributed by atoms with Crippen LogP contribution in [-0.2, 0) is 6.54 Å². The molecule has 0 saturated heterocycles. The summed E-state index contributed by atoms with van der Waals surface area (Å²) in [6.07, 6.45) is 0.508. The standard InChI is InChI=1S/C17H23FN2O3/c1-10(2)14(6-7-21)20-17(22)19-9-16-11(3)13-8-12(18)4-5-15(13)23-16/h4-5,8,10,14,21H,6-7,9H2,1-3H3,(H2,19,20,22). The normalized spacial score (nSPS) is 12.6. The molecular weight excluding hydrogens is 299 g/mol. The van der Waals surface area contributed by atoms with Gasteiger partial charge >= 0.3 is 6.03 Å². The Bertz CT molecular complexity index is 682. The van der Waals surface area contributed by atoms with E-state index < -0.39 is 0 Å². The topological polar surface area (TPSA) is 74.5 Å². The number of aryl methyl sites for hydroxylation is 1. The average Bonchev–Trinajstić information content (AvgIpc) is 2.81. The van der Waals surface area contributed by atoms with Crippen LogP contribution in [0.15, 0.2) is 22.6 Å². The van der Waals surface area contributed by atoms with E-state index >= 15 is 0 Å². The molecule has 1 aromatic heterocycles. The van der Waals surface area contributed by atoms with Crippen molar-refractivity contribution in [3.8, 4) is 0 Å². The van der Waals surface area contributed by atoms with Crippen molar-refractivity contribution in [2.24, 2.45) is 5.92 Å². The molecule has 1 aromatic carbocycles. The van der Waals surface area contributed by atoms with Gasteiger partial charge < -0.3 is 20.2 Å². The summed E-state index contributed by atoms with van der Waals surface area (Å²) in [7, 11) is 0. The van der Waals surface area contributed by atoms with E-state index in [4.69, 9.17) is 9.52 Å². The number of hydrogen-bond donors (Lipinski definition) is 3. The molecule has 0 aliphatic carbocycles. The molecule has 1 unspecified atom stereocenters. The van der Waals surface area contributed by atoms with Crippen LogP contribution in [0.1, 0.15) is 31.6 Å². The fraction of sp³-hybridized carbons (Fsp3) is 0.471. The van der Waals surface area contributed by atoms with Gasteiger partial charge in [-0.15, -0.1) is 0 Å². The molecule has 0 saturated carbocycles. The number of hydrogen-bond acceptors (Lipinski definition) is 3. The van der Waals surface area contributed by atoms with Crippen molar-refractivity contribution in [2.75, 3.05) is 6.61 Å². The molecule has 0 aliphatic rings. The second kappa shape index (κ2) is 7.46. The molecule has 0 radical (unpaired) electrons. The molecule has 2 rings (SSSR count). The van der Waals surface area contributed by atoms with Gasteiger partial charge in [0.1, 0.15) is 17.2 Å². The molecule has 3 N–H and O–H groups in total. The number of aliphatic hydroxyl groups is 1. The van der Waals surface area contributed by atoms with Crippen molar-refractivity contribution in [3.63, 3.8) is 0 Å². The SMILES string of the molecule is Cc1c(CNC(=O)NC(CCO)C(C)C)oc2ccc(F)cc12. The van der Waals surface area contributed by atoms with Gasteiger partial charge in [0.2, 0.25) is 0 Å². The van der Waals surface area contributed by atoms with E-state index in [1.807, 2.05) is 20.8 Å². The molecular formula is C17H23FN2O3. The Morgan fingerprint density at radius 1 is 1.39 bits per heavy atom. The number of benzene rings is 1. The molecule has 0 aliphatic heterocycles. The maximum absolute atomic E-state index is 13.3. The van der Waals surface area contributed by atoms with Crippen LogP contribution in [0, 0.1) is 18.7 Å². The first-order valence-corrected chi connectivity index (χ1v) is 7.75. The van der Waals surface area contributed by atoms with Crippen molar-refractivity contribution >= 4 is 17.0 Å². The van der Waals surface area contributed by atoms with Gasteiger partial charge in [-0.3, -0.25) is 0 Å². The highest BCUT2D eigenvalue weighted by atomic mass is 19.1. The zero-order valence-electron chi connectivity index (χ0n) is 13.6. The lowest BCUT2D eigenvalue weighted by molar-refractivity contribution is 0.218. The summed E-state index contributed by atoms with van der Waals surface area (Å²) in [5.74, 6) is 0.509. The fourth-order valence-corrected chi connectivity index (χ4v) is 2.50. The third-order valence-corrected chi connectivity index (χ3v) is 3.97. The molecule has 2 amide bonds. The summed E-state index contributed by atoms with van der Waals surface area (Å²) in [6, 6.07) is 3.94. The lowest BCUT2D eigenvalue weighted by atomic mass is 10.0. The number of carbonyl (C=O) groups is 1. The summed E-state index contributed by atoms with van der Waals surface area (Å²) in [5, 5.41) is 15.3. The molecule has 0 spiro atoms. The third-order valence-electron chi connectivity index (χ3n) is 3.97. The molecule has 1 heterocycles. The Morgan fingerprint density at radius 3 is 2.78 bits per heavy atom. The van der Waals surface area contributed by atoms with Gasteiger partial charge in [0.25, 0.3) is 0 Å². The number of amides is 2. The lowest BCUT2D eigenvalue weighted by Gasteiger charge is -2.21. The number of carbonyl (C=O) groups excluding carboxylic acids is 1. The quantitative estimate of drug-likeness (QED) is 0.765. The number of rotatable bonds is 6. The number of halogens is 1. The minimum absolute atomic E-state index is 0.0252. The highest BCUT2D eigenvalue weighted by molar-refractivity contribution is 5.82. The molecule has 1 atom stereocenters. The predicted octanol–water partition coefficient (Wildman–Crippen LogP) is 3.09. The van der Waals surface area contributed by atoms with Crippen molar-refractivity contribution in [3.05, 3.63) is 35.3 Å². The summed E-state index contributed by atoms with van der Waals surface area (Å²) in [6.45, 7) is 6.05. The first-order valence-electron chi connectivity index (χ1n) is 7.75. The van der Waals surface area contributed by atoms with E-state index in [9.17, 15) is 9.18 Å². The van der Waals surface area contributed by atoms with Gasteiger partial charge in [0.15, 0.2) is 0 Å². The minimum Gasteiger partial charge on any atom is -0.459 e. The van der Waals surface area contributed by atoms with Crippen LogP contribution >= 0.6 is 0 Å². The third kappa shape index (κ3) is 4.22. The summed E-state index contributed by atoms with van der Waals surface area (Å²) >= 11 is 0. The number of nitrogens with one attached hydrogen (secondary N) is 2. The van der Waals surface area contributed by atoms with Crippen molar-refractivity contribution < 1.29 is 18.7 Å². The van der Waals surface area contributed by atoms with Gasteiger partial charge in [-0.25, -0.2) is 9.18 Å². The molecule has 6 heteroatoms. The zero-order valence-corrected chi connectivity index (χ0v) is 13.6. The Hall–Kier alpha value is -2.08. The molecule has 5 nitrogen and oxygen atoms in total. The van der Waals surface area contributed by atoms with Crippen molar-refractivity contribution in [1.29, 1.82) is 0 Å². The second-order valence-corrected chi connectivity index (χ2v) is 5.98. The van der Waals surface area contributed by atoms with E-state index in [-0.39, 0.29) is 37.0 Å². The average molecular weight is 322 g/mol. The van der Waals surface area contributed by atoms with E-state index in [2.05, 4.69) is 10.6 Å². The van der Waals surface area contributed by atoms with Crippen molar-refractivity contribution in [1.82, 2.24) is 10.6 Å². The Morgan fingerprint density at radius 2 is 2.13 bits per heavy atom. The number of furan rings is 1. The molecule has 2 aromatic rings. The van der Waals surface area contributed by atoms with E-state index in [1.54, 1.807) is 6.07 Å². The number of urea groups is 1. The first-order chi connectivity index (χ1) is 10.9. The summed E-state index contributed by atoms with van der Waals surface area (Å²) in [4.78, 5) is 12.0. The molecule has 23 heavy (non-hydrogen) atoms. The summed E-state index contributed by atoms with van der Waals surface area (Å²) < 4.78 is 18.9. The first kappa shape index (κ1) is 17.3. The Kier molecular flexibility index (Phi) is 5.60. The molecule has 126 valence electrons. The maximum Gasteiger partial charge on any atom is 0.315 e. The van der Waals surface area contributed by atoms with Gasteiger partial charge in [0.05, 0.1) is 6.54 Å². The van der Waals surface area contributed by atoms with E-state index in [0.29, 0.717) is 23.2 Å². The monoisotopic (exact) mass is 322 g/mol. The lowest BCUT2D eigenvalue weighted by Crippen LogP contribution is -2.44. The zero-order chi connectivity index (χ0) is 17.0. The van der Waals surface area contributed by atoms with Crippen LogP contribution in [0.3, 0.4) is 0 Å². The Labute approximate surface area is 134 Å². The van der Waals surface area contributed by atoms with Gasteiger partial charge in [-0.1, -0.05) is 13.8 Å². The van der Waals surface area contributed by atoms with Gasteiger partial charge in [-0.05, 0) is 37.5 Å². The number of fused-ring (bicyclic) bond motifs is 1. The van der Waals surface area contributed by atoms with E-state index in [0.717, 1.165) is 5.56 Å². The predicted molar refractivity (Wildman–Crippen MR) is 86.6 cm³/mol. The Balaban J connectivity index is 2.00. The fourth-order valence-electron chi connectivity index (χ4n) is 2.50. The largest absolute Gasteiger partial charge is 0.459 e. The highest BCUT2D eigenvalue weighted by Crippen LogP contribution is 2.25. The van der Waals surface area contributed by atoms with Gasteiger partial charge in [-0.2, -0.15) is 0 Å². The van der Waals surface area contributed by atoms with Crippen molar-refractivity contribution in [2.45, 2.75) is 39.8 Å². The van der Waals surface area contributed by atoms with Crippen LogP contribution in [-0.4, -0.2) is 23.8 Å². The minimum atomic E-state index is -0.317. The van der Waals surface area contributed by atoms with Gasteiger partial charge in [0, 0.05) is 23.6 Å². The van der Waals surface area contributed by atoms with Crippen LogP contribution in [0.2, 0.25) is 0 Å². The summed E-state index contributed by atoms with van der Waals surface area (Å²) in [5.41, 5.74) is 1.41. The maximum atomic E-state index is 13.3. The molecule has 0 fully saturated rings. The van der Waals surface area contributed by atoms with Crippen LogP contribution in [0.5, 0.6) is 0 Å². The molecule has 0 bridgehead atoms. The van der Waals surface area contributed by atoms with Crippen LogP contribution < -0.4 is 10.6 Å². The second-order valence-electron chi connectivity index (χ2n) is 5.98. The van der Waals surface area contributed by atoms with E-state index in [1.165, 1.54) is 12.1 Å². The van der Waals surface area contributed by atoms with Crippen LogP contribution in [0.25, 0.3) is 11.0 Å². The van der Waals surface area contributed by atoms with Crippen LogP contribution in [0.4, 0.5) is 9.18 Å². The number of aliphatic hydroxyl groups excluding tert-OH is 1. The smallest absolute Gasteiger partial charge is 0.315 e. The highest BCUT2D eigenvalue weighted by Gasteiger charge is 2.16.